The summed E-state index contributed by atoms with van der Waals surface area (Å²) in [6, 6.07) is 5.40. The molecule has 4 nitrogen and oxygen atoms in total. The van der Waals surface area contributed by atoms with Crippen LogP contribution in [0.15, 0.2) is 30.9 Å². The number of halogens is 3. The molecule has 0 aliphatic carbocycles. The molecule has 0 radical (unpaired) electrons. The molecule has 2 aromatic heterocycles. The first kappa shape index (κ1) is 12.7. The fourth-order valence-corrected chi connectivity index (χ4v) is 2.52. The van der Waals surface area contributed by atoms with E-state index in [9.17, 15) is 0 Å². The molecule has 0 unspecified atom stereocenters. The Bertz CT molecular complexity index is 734. The Morgan fingerprint density at radius 1 is 1.00 bits per heavy atom. The van der Waals surface area contributed by atoms with Crippen molar-refractivity contribution in [1.29, 1.82) is 0 Å². The van der Waals surface area contributed by atoms with Crippen LogP contribution in [0.5, 0.6) is 0 Å². The van der Waals surface area contributed by atoms with Crippen molar-refractivity contribution in [1.82, 2.24) is 19.5 Å². The standard InChI is InChI=1S/C12H7Cl3N4/c13-8-2-1-3-9(14)7(8)4-19-6-18-10-11(15)16-5-17-12(10)19/h1-3,5-6H,4H2. The van der Waals surface area contributed by atoms with E-state index in [1.165, 1.54) is 6.33 Å². The van der Waals surface area contributed by atoms with Gasteiger partial charge in [-0.3, -0.25) is 0 Å². The number of rotatable bonds is 2. The fraction of sp³-hybridized carbons (Fsp3) is 0.0833. The average Bonchev–Trinajstić information content (AvgIpc) is 2.79. The van der Waals surface area contributed by atoms with Crippen molar-refractivity contribution >= 4 is 46.0 Å². The van der Waals surface area contributed by atoms with Gasteiger partial charge in [0.05, 0.1) is 12.9 Å². The summed E-state index contributed by atoms with van der Waals surface area (Å²) in [6.07, 6.45) is 3.04. The molecule has 2 heterocycles. The molecule has 0 aliphatic heterocycles. The lowest BCUT2D eigenvalue weighted by Crippen LogP contribution is -2.01. The highest BCUT2D eigenvalue weighted by Crippen LogP contribution is 2.26. The molecule has 3 rings (SSSR count). The van der Waals surface area contributed by atoms with Crippen LogP contribution in [-0.4, -0.2) is 19.5 Å². The van der Waals surface area contributed by atoms with Gasteiger partial charge in [0.1, 0.15) is 11.8 Å². The number of aromatic nitrogens is 4. The van der Waals surface area contributed by atoms with Crippen LogP contribution in [0, 0.1) is 0 Å². The monoisotopic (exact) mass is 312 g/mol. The molecular weight excluding hydrogens is 307 g/mol. The second-order valence-corrected chi connectivity index (χ2v) is 5.08. The average molecular weight is 314 g/mol. The normalized spacial score (nSPS) is 11.1. The first-order chi connectivity index (χ1) is 9.16. The molecule has 96 valence electrons. The van der Waals surface area contributed by atoms with Gasteiger partial charge in [0.25, 0.3) is 0 Å². The predicted octanol–water partition coefficient (Wildman–Crippen LogP) is 3.83. The first-order valence-corrected chi connectivity index (χ1v) is 6.54. The predicted molar refractivity (Wildman–Crippen MR) is 75.9 cm³/mol. The Labute approximate surface area is 124 Å². The van der Waals surface area contributed by atoms with E-state index in [0.29, 0.717) is 32.9 Å². The van der Waals surface area contributed by atoms with Crippen LogP contribution in [0.25, 0.3) is 11.2 Å². The van der Waals surface area contributed by atoms with Crippen LogP contribution in [0.4, 0.5) is 0 Å². The second-order valence-electron chi connectivity index (χ2n) is 3.91. The van der Waals surface area contributed by atoms with E-state index in [0.717, 1.165) is 5.56 Å². The largest absolute Gasteiger partial charge is 0.311 e. The summed E-state index contributed by atoms with van der Waals surface area (Å²) in [7, 11) is 0. The topological polar surface area (TPSA) is 43.6 Å². The highest BCUT2D eigenvalue weighted by Gasteiger charge is 2.11. The van der Waals surface area contributed by atoms with E-state index in [4.69, 9.17) is 34.8 Å². The highest BCUT2D eigenvalue weighted by molar-refractivity contribution is 6.36. The van der Waals surface area contributed by atoms with Gasteiger partial charge in [0, 0.05) is 15.6 Å². The first-order valence-electron chi connectivity index (χ1n) is 5.41. The van der Waals surface area contributed by atoms with Crippen LogP contribution in [0.1, 0.15) is 5.56 Å². The Morgan fingerprint density at radius 2 is 1.74 bits per heavy atom. The van der Waals surface area contributed by atoms with Crippen molar-refractivity contribution in [3.8, 4) is 0 Å². The fourth-order valence-electron chi connectivity index (χ4n) is 1.82. The number of hydrogen-bond acceptors (Lipinski definition) is 3. The molecule has 0 fully saturated rings. The minimum absolute atomic E-state index is 0.328. The molecule has 0 atom stereocenters. The number of imidazole rings is 1. The SMILES string of the molecule is Clc1cccc(Cl)c1Cn1cnc2c(Cl)ncnc21. The highest BCUT2D eigenvalue weighted by atomic mass is 35.5. The van der Waals surface area contributed by atoms with Gasteiger partial charge in [-0.05, 0) is 12.1 Å². The molecule has 0 saturated heterocycles. The maximum atomic E-state index is 6.15. The molecule has 0 bridgehead atoms. The van der Waals surface area contributed by atoms with Gasteiger partial charge < -0.3 is 4.57 Å². The lowest BCUT2D eigenvalue weighted by atomic mass is 10.2. The summed E-state index contributed by atoms with van der Waals surface area (Å²) in [5, 5.41) is 1.54. The minimum atomic E-state index is 0.328. The van der Waals surface area contributed by atoms with E-state index < -0.39 is 0 Å². The van der Waals surface area contributed by atoms with Crippen LogP contribution in [0.2, 0.25) is 15.2 Å². The van der Waals surface area contributed by atoms with E-state index in [2.05, 4.69) is 15.0 Å². The van der Waals surface area contributed by atoms with E-state index in [-0.39, 0.29) is 0 Å². The van der Waals surface area contributed by atoms with Gasteiger partial charge in [-0.25, -0.2) is 15.0 Å². The third kappa shape index (κ3) is 2.27. The molecule has 3 aromatic rings. The van der Waals surface area contributed by atoms with Gasteiger partial charge in [0.2, 0.25) is 0 Å². The quantitative estimate of drug-likeness (QED) is 0.675. The smallest absolute Gasteiger partial charge is 0.165 e. The lowest BCUT2D eigenvalue weighted by molar-refractivity contribution is 0.813. The molecule has 0 aliphatic rings. The molecule has 19 heavy (non-hydrogen) atoms. The number of hydrogen-bond donors (Lipinski definition) is 0. The molecule has 7 heteroatoms. The molecule has 1 aromatic carbocycles. The van der Waals surface area contributed by atoms with Crippen molar-refractivity contribution < 1.29 is 0 Å². The summed E-state index contributed by atoms with van der Waals surface area (Å²) in [5.74, 6) is 0. The third-order valence-electron chi connectivity index (χ3n) is 2.75. The van der Waals surface area contributed by atoms with Crippen molar-refractivity contribution in [2.24, 2.45) is 0 Å². The van der Waals surface area contributed by atoms with Crippen molar-refractivity contribution in [2.75, 3.05) is 0 Å². The molecule has 0 N–H and O–H groups in total. The Morgan fingerprint density at radius 3 is 2.47 bits per heavy atom. The van der Waals surface area contributed by atoms with Gasteiger partial charge in [-0.15, -0.1) is 0 Å². The zero-order chi connectivity index (χ0) is 13.4. The van der Waals surface area contributed by atoms with Gasteiger partial charge >= 0.3 is 0 Å². The van der Waals surface area contributed by atoms with Crippen molar-refractivity contribution in [2.45, 2.75) is 6.54 Å². The lowest BCUT2D eigenvalue weighted by Gasteiger charge is -2.08. The van der Waals surface area contributed by atoms with E-state index in [1.807, 2.05) is 4.57 Å². The van der Waals surface area contributed by atoms with Crippen LogP contribution >= 0.6 is 34.8 Å². The molecule has 0 spiro atoms. The summed E-state index contributed by atoms with van der Waals surface area (Å²) in [4.78, 5) is 12.3. The van der Waals surface area contributed by atoms with Gasteiger partial charge in [-0.2, -0.15) is 0 Å². The summed E-state index contributed by atoms with van der Waals surface area (Å²) in [5.41, 5.74) is 2.03. The van der Waals surface area contributed by atoms with Crippen LogP contribution in [-0.2, 0) is 6.54 Å². The van der Waals surface area contributed by atoms with Crippen molar-refractivity contribution in [3.05, 3.63) is 51.6 Å². The van der Waals surface area contributed by atoms with Crippen molar-refractivity contribution in [3.63, 3.8) is 0 Å². The Kier molecular flexibility index (Phi) is 3.31. The summed E-state index contributed by atoms with van der Waals surface area (Å²) in [6.45, 7) is 0.475. The van der Waals surface area contributed by atoms with E-state index in [1.54, 1.807) is 24.5 Å². The third-order valence-corrected chi connectivity index (χ3v) is 3.73. The zero-order valence-electron chi connectivity index (χ0n) is 9.52. The van der Waals surface area contributed by atoms with Gasteiger partial charge in [-0.1, -0.05) is 40.9 Å². The number of benzene rings is 1. The molecule has 0 amide bonds. The van der Waals surface area contributed by atoms with E-state index >= 15 is 0 Å². The minimum Gasteiger partial charge on any atom is -0.311 e. The summed E-state index contributed by atoms with van der Waals surface area (Å²) < 4.78 is 1.83. The number of fused-ring (bicyclic) bond motifs is 1. The molecule has 0 saturated carbocycles. The maximum absolute atomic E-state index is 6.15. The van der Waals surface area contributed by atoms with Gasteiger partial charge in [0.15, 0.2) is 10.8 Å². The Balaban J connectivity index is 2.09. The number of nitrogens with zero attached hydrogens (tertiary/aromatic N) is 4. The maximum Gasteiger partial charge on any atom is 0.165 e. The Hall–Kier alpha value is -1.36. The van der Waals surface area contributed by atoms with Crippen LogP contribution in [0.3, 0.4) is 0 Å². The van der Waals surface area contributed by atoms with Crippen LogP contribution < -0.4 is 0 Å². The zero-order valence-corrected chi connectivity index (χ0v) is 11.8. The summed E-state index contributed by atoms with van der Waals surface area (Å²) >= 11 is 18.3. The molecular formula is C12H7Cl3N4. The second kappa shape index (κ2) is 4.96.